The summed E-state index contributed by atoms with van der Waals surface area (Å²) in [6.07, 6.45) is 0.689. The molecule has 7 nitrogen and oxygen atoms in total. The van der Waals surface area contributed by atoms with E-state index in [0.29, 0.717) is 25.3 Å². The number of carbonyl (C=O) groups excluding carboxylic acids is 2. The van der Waals surface area contributed by atoms with Crippen LogP contribution >= 0.6 is 11.6 Å². The lowest BCUT2D eigenvalue weighted by Crippen LogP contribution is -2.32. The Labute approximate surface area is 218 Å². The molecular formula is C28H36ClN3O4. The van der Waals surface area contributed by atoms with E-state index in [2.05, 4.69) is 18.7 Å². The van der Waals surface area contributed by atoms with Gasteiger partial charge in [0, 0.05) is 30.9 Å². The number of hydrogen-bond donors (Lipinski definition) is 1. The Morgan fingerprint density at radius 2 is 1.72 bits per heavy atom. The van der Waals surface area contributed by atoms with Gasteiger partial charge in [-0.15, -0.1) is 0 Å². The minimum absolute atomic E-state index is 0.0380. The molecule has 0 saturated carbocycles. The number of halogens is 1. The predicted octanol–water partition coefficient (Wildman–Crippen LogP) is 4.96. The molecule has 1 atom stereocenters. The van der Waals surface area contributed by atoms with E-state index in [4.69, 9.17) is 16.3 Å². The van der Waals surface area contributed by atoms with E-state index in [1.54, 1.807) is 23.1 Å². The molecule has 0 aromatic heterocycles. The third kappa shape index (κ3) is 5.85. The quantitative estimate of drug-likeness (QED) is 0.260. The van der Waals surface area contributed by atoms with E-state index < -0.39 is 17.7 Å². The van der Waals surface area contributed by atoms with Crippen molar-refractivity contribution in [1.29, 1.82) is 0 Å². The van der Waals surface area contributed by atoms with Gasteiger partial charge in [0.25, 0.3) is 11.7 Å². The van der Waals surface area contributed by atoms with E-state index in [0.717, 1.165) is 30.9 Å². The molecule has 1 N–H and O–H groups in total. The maximum Gasteiger partial charge on any atom is 0.295 e. The van der Waals surface area contributed by atoms with Gasteiger partial charge in [0.2, 0.25) is 0 Å². The molecule has 0 radical (unpaired) electrons. The second-order valence-corrected chi connectivity index (χ2v) is 9.40. The Morgan fingerprint density at radius 3 is 2.31 bits per heavy atom. The number of aliphatic hydroxyl groups is 1. The standard InChI is InChI=1S/C28H36ClN3O4/c1-6-31(7-2)20-12-10-19(11-13-20)25-24(27(34)28(35)32(25)17-9-16-30(4)5)26(33)22-18-21(36-8-3)14-15-23(22)29/h10-15,18,25,33H,6-9,16-17H2,1-5H3/b26-24+. The van der Waals surface area contributed by atoms with Crippen LogP contribution in [0.15, 0.2) is 48.0 Å². The highest BCUT2D eigenvalue weighted by Gasteiger charge is 2.46. The Balaban J connectivity index is 2.12. The minimum atomic E-state index is -0.718. The number of amides is 1. The van der Waals surface area contributed by atoms with Gasteiger partial charge in [0.15, 0.2) is 0 Å². The first-order valence-corrected chi connectivity index (χ1v) is 12.8. The first-order chi connectivity index (χ1) is 17.2. The fourth-order valence-electron chi connectivity index (χ4n) is 4.56. The molecule has 1 fully saturated rings. The maximum atomic E-state index is 13.3. The molecule has 3 rings (SSSR count). The van der Waals surface area contributed by atoms with Crippen molar-refractivity contribution < 1.29 is 19.4 Å². The molecule has 194 valence electrons. The topological polar surface area (TPSA) is 73.3 Å². The number of anilines is 1. The number of ether oxygens (including phenoxy) is 1. The smallest absolute Gasteiger partial charge is 0.295 e. The van der Waals surface area contributed by atoms with Crippen LogP contribution in [0.4, 0.5) is 5.69 Å². The zero-order valence-electron chi connectivity index (χ0n) is 21.8. The van der Waals surface area contributed by atoms with Crippen LogP contribution in [-0.4, -0.2) is 73.5 Å². The van der Waals surface area contributed by atoms with Crippen LogP contribution in [0.5, 0.6) is 5.75 Å². The van der Waals surface area contributed by atoms with Crippen LogP contribution in [0.1, 0.15) is 44.4 Å². The van der Waals surface area contributed by atoms with Crippen molar-refractivity contribution in [3.8, 4) is 5.75 Å². The second-order valence-electron chi connectivity index (χ2n) is 8.99. The number of ketones is 1. The molecule has 2 aromatic rings. The summed E-state index contributed by atoms with van der Waals surface area (Å²) in [7, 11) is 3.93. The van der Waals surface area contributed by atoms with Crippen LogP contribution in [0.3, 0.4) is 0 Å². The molecular weight excluding hydrogens is 478 g/mol. The summed E-state index contributed by atoms with van der Waals surface area (Å²) in [5, 5.41) is 11.7. The van der Waals surface area contributed by atoms with Gasteiger partial charge in [0.05, 0.1) is 23.2 Å². The number of aliphatic hydroxyl groups excluding tert-OH is 1. The van der Waals surface area contributed by atoms with Gasteiger partial charge >= 0.3 is 0 Å². The summed E-state index contributed by atoms with van der Waals surface area (Å²) in [5.41, 5.74) is 2.11. The third-order valence-corrected chi connectivity index (χ3v) is 6.72. The van der Waals surface area contributed by atoms with Crippen molar-refractivity contribution >= 4 is 34.7 Å². The minimum Gasteiger partial charge on any atom is -0.507 e. The molecule has 1 aliphatic heterocycles. The summed E-state index contributed by atoms with van der Waals surface area (Å²) >= 11 is 6.42. The van der Waals surface area contributed by atoms with Gasteiger partial charge in [-0.05, 0) is 83.7 Å². The lowest BCUT2D eigenvalue weighted by Gasteiger charge is -2.27. The zero-order valence-corrected chi connectivity index (χ0v) is 22.5. The molecule has 8 heteroatoms. The van der Waals surface area contributed by atoms with Gasteiger partial charge in [0.1, 0.15) is 11.5 Å². The molecule has 0 aliphatic carbocycles. The number of rotatable bonds is 11. The Bertz CT molecular complexity index is 1110. The van der Waals surface area contributed by atoms with Gasteiger partial charge < -0.3 is 24.5 Å². The summed E-state index contributed by atoms with van der Waals surface area (Å²) in [6, 6.07) is 12.0. The molecule has 0 bridgehead atoms. The molecule has 1 aliphatic rings. The average Bonchev–Trinajstić information content (AvgIpc) is 3.11. The first-order valence-electron chi connectivity index (χ1n) is 12.4. The summed E-state index contributed by atoms with van der Waals surface area (Å²) in [6.45, 7) is 9.37. The van der Waals surface area contributed by atoms with Crippen molar-refractivity contribution in [3.63, 3.8) is 0 Å². The molecule has 0 spiro atoms. The van der Waals surface area contributed by atoms with E-state index in [1.807, 2.05) is 50.2 Å². The van der Waals surface area contributed by atoms with Crippen LogP contribution in [-0.2, 0) is 9.59 Å². The summed E-state index contributed by atoms with van der Waals surface area (Å²) < 4.78 is 5.56. The van der Waals surface area contributed by atoms with Crippen LogP contribution in [0, 0.1) is 0 Å². The first kappa shape index (κ1) is 27.6. The molecule has 1 heterocycles. The largest absolute Gasteiger partial charge is 0.507 e. The second kappa shape index (κ2) is 12.3. The maximum absolute atomic E-state index is 13.3. The lowest BCUT2D eigenvalue weighted by molar-refractivity contribution is -0.139. The number of hydrogen-bond acceptors (Lipinski definition) is 6. The van der Waals surface area contributed by atoms with Crippen LogP contribution in [0.25, 0.3) is 5.76 Å². The van der Waals surface area contributed by atoms with Gasteiger partial charge in [-0.1, -0.05) is 23.7 Å². The highest BCUT2D eigenvalue weighted by molar-refractivity contribution is 6.47. The highest BCUT2D eigenvalue weighted by atomic mass is 35.5. The summed E-state index contributed by atoms with van der Waals surface area (Å²) in [4.78, 5) is 32.3. The van der Waals surface area contributed by atoms with Crippen molar-refractivity contribution in [2.24, 2.45) is 0 Å². The van der Waals surface area contributed by atoms with Crippen molar-refractivity contribution in [2.75, 3.05) is 51.8 Å². The zero-order chi connectivity index (χ0) is 26.4. The van der Waals surface area contributed by atoms with E-state index >= 15 is 0 Å². The number of Topliss-reactive ketones (excluding diaryl/α,β-unsaturated/α-hetero) is 1. The van der Waals surface area contributed by atoms with E-state index in [9.17, 15) is 14.7 Å². The van der Waals surface area contributed by atoms with Crippen molar-refractivity contribution in [2.45, 2.75) is 33.2 Å². The molecule has 1 saturated heterocycles. The number of nitrogens with zero attached hydrogens (tertiary/aromatic N) is 3. The van der Waals surface area contributed by atoms with Crippen LogP contribution in [0.2, 0.25) is 5.02 Å². The molecule has 2 aromatic carbocycles. The highest BCUT2D eigenvalue weighted by Crippen LogP contribution is 2.41. The van der Waals surface area contributed by atoms with Gasteiger partial charge in [-0.25, -0.2) is 0 Å². The predicted molar refractivity (Wildman–Crippen MR) is 145 cm³/mol. The molecule has 1 amide bonds. The van der Waals surface area contributed by atoms with Gasteiger partial charge in [-0.2, -0.15) is 0 Å². The fraction of sp³-hybridized carbons (Fsp3) is 0.429. The monoisotopic (exact) mass is 513 g/mol. The van der Waals surface area contributed by atoms with E-state index in [-0.39, 0.29) is 21.9 Å². The summed E-state index contributed by atoms with van der Waals surface area (Å²) in [5.74, 6) is -1.12. The third-order valence-electron chi connectivity index (χ3n) is 6.39. The van der Waals surface area contributed by atoms with E-state index in [1.165, 1.54) is 0 Å². The average molecular weight is 514 g/mol. The fourth-order valence-corrected chi connectivity index (χ4v) is 4.77. The number of benzene rings is 2. The Kier molecular flexibility index (Phi) is 9.40. The lowest BCUT2D eigenvalue weighted by atomic mass is 9.95. The normalized spacial score (nSPS) is 17.2. The van der Waals surface area contributed by atoms with Crippen molar-refractivity contribution in [1.82, 2.24) is 9.80 Å². The molecule has 1 unspecified atom stereocenters. The Morgan fingerprint density at radius 1 is 1.06 bits per heavy atom. The van der Waals surface area contributed by atoms with Gasteiger partial charge in [-0.3, -0.25) is 9.59 Å². The SMILES string of the molecule is CCOc1ccc(Cl)c(/C(O)=C2\C(=O)C(=O)N(CCCN(C)C)C2c2ccc(N(CC)CC)cc2)c1. The van der Waals surface area contributed by atoms with Crippen LogP contribution < -0.4 is 9.64 Å². The van der Waals surface area contributed by atoms with Crippen molar-refractivity contribution in [3.05, 3.63) is 64.2 Å². The number of likely N-dealkylation sites (tertiary alicyclic amines) is 1. The molecule has 36 heavy (non-hydrogen) atoms. The Hall–Kier alpha value is -3.03. The number of carbonyl (C=O) groups is 2.